The highest BCUT2D eigenvalue weighted by atomic mass is 32.2. The maximum atomic E-state index is 11.9. The van der Waals surface area contributed by atoms with E-state index in [-0.39, 0.29) is 4.90 Å². The van der Waals surface area contributed by atoms with E-state index in [9.17, 15) is 13.5 Å². The smallest absolute Gasteiger partial charge is 0.296 e. The molecule has 17 heavy (non-hydrogen) atoms. The summed E-state index contributed by atoms with van der Waals surface area (Å²) in [6.07, 6.45) is -0.453. The summed E-state index contributed by atoms with van der Waals surface area (Å²) in [5.74, 6) is 0. The van der Waals surface area contributed by atoms with Crippen LogP contribution in [0.4, 0.5) is 0 Å². The van der Waals surface area contributed by atoms with Gasteiger partial charge in [0.25, 0.3) is 10.1 Å². The van der Waals surface area contributed by atoms with Crippen LogP contribution in [0.15, 0.2) is 29.2 Å². The Morgan fingerprint density at radius 3 is 2.35 bits per heavy atom. The topological polar surface area (TPSA) is 63.6 Å². The van der Waals surface area contributed by atoms with Gasteiger partial charge in [-0.05, 0) is 32.9 Å². The van der Waals surface area contributed by atoms with Gasteiger partial charge in [0.2, 0.25) is 0 Å². The van der Waals surface area contributed by atoms with E-state index in [1.54, 1.807) is 12.1 Å². The van der Waals surface area contributed by atoms with Crippen LogP contribution in [0, 0.1) is 6.92 Å². The highest BCUT2D eigenvalue weighted by Crippen LogP contribution is 2.15. The first-order chi connectivity index (χ1) is 8.41. The molecule has 0 aliphatic rings. The Bertz CT molecular complexity index is 530. The van der Waals surface area contributed by atoms with Crippen molar-refractivity contribution in [3.05, 3.63) is 29.8 Å². The second-order valence-corrected chi connectivity index (χ2v) is 6.03. The minimum absolute atomic E-state index is 0.113. The van der Waals surface area contributed by atoms with Crippen molar-refractivity contribution in [3.8, 4) is 0 Å². The lowest BCUT2D eigenvalue weighted by Crippen LogP contribution is -2.22. The molecule has 1 aromatic carbocycles. The minimum atomic E-state index is -4.19. The zero-order valence-corrected chi connectivity index (χ0v) is 10.9. The van der Waals surface area contributed by atoms with Crippen molar-refractivity contribution >= 4 is 10.1 Å². The van der Waals surface area contributed by atoms with Gasteiger partial charge in [0.1, 0.15) is 0 Å². The fourth-order valence-electron chi connectivity index (χ4n) is 1.04. The van der Waals surface area contributed by atoms with E-state index >= 15 is 0 Å². The molecule has 5 heteroatoms. The molecule has 0 atom stereocenters. The molecule has 0 saturated heterocycles. The highest BCUT2D eigenvalue weighted by Gasteiger charge is 2.18. The van der Waals surface area contributed by atoms with Crippen molar-refractivity contribution in [2.45, 2.75) is 37.7 Å². The molecule has 1 aromatic rings. The van der Waals surface area contributed by atoms with Crippen LogP contribution in [0.3, 0.4) is 0 Å². The van der Waals surface area contributed by atoms with Gasteiger partial charge in [-0.1, -0.05) is 17.7 Å². The number of hydrogen-bond donors (Lipinski definition) is 1. The maximum absolute atomic E-state index is 11.9. The lowest BCUT2D eigenvalue weighted by molar-refractivity contribution is 0.0564. The molecule has 0 amide bonds. The molecule has 0 spiro atoms. The lowest BCUT2D eigenvalue weighted by Gasteiger charge is -2.16. The minimum Gasteiger partial charge on any atom is -0.390 e. The van der Waals surface area contributed by atoms with Crippen LogP contribution < -0.4 is 0 Å². The molecular formula is C12H18O4S. The fraction of sp³-hybridized carbons (Fsp3) is 0.500. The van der Waals surface area contributed by atoms with E-state index in [0.717, 1.165) is 5.56 Å². The molecule has 1 rings (SSSR count). The average molecular weight is 260 g/mol. The molecule has 0 aromatic heterocycles. The summed E-state index contributed by atoms with van der Waals surface area (Å²) in [5, 5.41) is 9.54. The second kappa shape index (κ2) is 5.16. The third kappa shape index (κ3) is 4.85. The van der Waals surface area contributed by atoms with Gasteiger partial charge in [0, 0.05) is 6.42 Å². The Labute approximate surface area is 105 Å². The highest BCUT2D eigenvalue weighted by molar-refractivity contribution is 7.86. The molecule has 0 fully saturated rings. The molecule has 96 valence electrons. The molecule has 0 aliphatic carbocycles. The Morgan fingerprint density at radius 2 is 1.88 bits per heavy atom. The summed E-state index contributed by atoms with van der Waals surface area (Å²) in [4.78, 5) is -0.113. The Hall–Kier alpha value is -0.910. The van der Waals surface area contributed by atoms with Crippen molar-refractivity contribution in [1.29, 1.82) is 0 Å². The second-order valence-electron chi connectivity index (χ2n) is 4.48. The first kappa shape index (κ1) is 11.2. The van der Waals surface area contributed by atoms with E-state index in [1.165, 1.54) is 26.0 Å². The van der Waals surface area contributed by atoms with Crippen molar-refractivity contribution in [2.75, 3.05) is 6.56 Å². The Balaban J connectivity index is 2.94. The van der Waals surface area contributed by atoms with E-state index in [4.69, 9.17) is 2.74 Å². The van der Waals surface area contributed by atoms with Gasteiger partial charge in [-0.25, -0.2) is 0 Å². The fourth-order valence-corrected chi connectivity index (χ4v) is 1.82. The number of hydrogen-bond acceptors (Lipinski definition) is 4. The number of aliphatic hydroxyl groups is 1. The van der Waals surface area contributed by atoms with Crippen LogP contribution in [0.25, 0.3) is 0 Å². The van der Waals surface area contributed by atoms with Gasteiger partial charge < -0.3 is 5.11 Å². The van der Waals surface area contributed by atoms with E-state index in [2.05, 4.69) is 4.18 Å². The SMILES string of the molecule is [2H]C([2H])(CC(C)(C)O)OS(=O)(=O)c1ccc(C)cc1. The van der Waals surface area contributed by atoms with Gasteiger partial charge in [-0.3, -0.25) is 4.18 Å². The van der Waals surface area contributed by atoms with Gasteiger partial charge in [-0.2, -0.15) is 8.42 Å². The maximum Gasteiger partial charge on any atom is 0.296 e. The molecule has 0 saturated carbocycles. The quantitative estimate of drug-likeness (QED) is 0.821. The van der Waals surface area contributed by atoms with E-state index in [0.29, 0.717) is 0 Å². The lowest BCUT2D eigenvalue weighted by atomic mass is 10.1. The molecule has 4 nitrogen and oxygen atoms in total. The van der Waals surface area contributed by atoms with Crippen LogP contribution in [0.1, 0.15) is 28.6 Å². The Morgan fingerprint density at radius 1 is 1.35 bits per heavy atom. The van der Waals surface area contributed by atoms with Crippen LogP contribution in [-0.2, 0) is 14.3 Å². The van der Waals surface area contributed by atoms with Crippen molar-refractivity contribution < 1.29 is 20.4 Å². The van der Waals surface area contributed by atoms with Gasteiger partial charge >= 0.3 is 0 Å². The predicted octanol–water partition coefficient (Wildman–Crippen LogP) is 1.86. The molecule has 0 unspecified atom stereocenters. The summed E-state index contributed by atoms with van der Waals surface area (Å²) >= 11 is 0. The summed E-state index contributed by atoms with van der Waals surface area (Å²) < 4.78 is 43.4. The molecular weight excluding hydrogens is 240 g/mol. The van der Waals surface area contributed by atoms with Crippen LogP contribution >= 0.6 is 0 Å². The van der Waals surface area contributed by atoms with Gasteiger partial charge in [-0.15, -0.1) is 0 Å². The summed E-state index contributed by atoms with van der Waals surface area (Å²) in [6, 6.07) is 5.90. The first-order valence-corrected chi connectivity index (χ1v) is 6.57. The van der Waals surface area contributed by atoms with Crippen LogP contribution in [0.2, 0.25) is 0 Å². The van der Waals surface area contributed by atoms with Gasteiger partial charge in [0.05, 0.1) is 19.8 Å². The standard InChI is InChI=1S/C12H18O4S/c1-10-4-6-11(7-5-10)17(14,15)16-9-8-12(2,3)13/h4-7,13H,8-9H2,1-3H3/i9D2. The third-order valence-corrected chi connectivity index (χ3v) is 3.17. The Kier molecular flexibility index (Phi) is 3.40. The van der Waals surface area contributed by atoms with Crippen LogP contribution in [-0.4, -0.2) is 25.7 Å². The number of rotatable bonds is 5. The van der Waals surface area contributed by atoms with Crippen molar-refractivity contribution in [1.82, 2.24) is 0 Å². The summed E-state index contributed by atoms with van der Waals surface area (Å²) in [6.45, 7) is 2.10. The molecule has 1 N–H and O–H groups in total. The average Bonchev–Trinajstić information content (AvgIpc) is 2.11. The molecule has 0 heterocycles. The van der Waals surface area contributed by atoms with E-state index < -0.39 is 28.7 Å². The van der Waals surface area contributed by atoms with Crippen molar-refractivity contribution in [3.63, 3.8) is 0 Å². The predicted molar refractivity (Wildman–Crippen MR) is 65.2 cm³/mol. The molecule has 0 aliphatic heterocycles. The monoisotopic (exact) mass is 260 g/mol. The van der Waals surface area contributed by atoms with Crippen LogP contribution in [0.5, 0.6) is 0 Å². The zero-order valence-electron chi connectivity index (χ0n) is 12.1. The summed E-state index contributed by atoms with van der Waals surface area (Å²) in [7, 11) is -4.19. The molecule has 0 bridgehead atoms. The van der Waals surface area contributed by atoms with Crippen molar-refractivity contribution in [2.24, 2.45) is 0 Å². The number of benzene rings is 1. The zero-order chi connectivity index (χ0) is 14.9. The summed E-state index contributed by atoms with van der Waals surface area (Å²) in [5.41, 5.74) is -0.481. The first-order valence-electron chi connectivity index (χ1n) is 6.16. The number of aryl methyl sites for hydroxylation is 1. The molecule has 0 radical (unpaired) electrons. The third-order valence-electron chi connectivity index (χ3n) is 1.98. The largest absolute Gasteiger partial charge is 0.390 e. The van der Waals surface area contributed by atoms with E-state index in [1.807, 2.05) is 6.92 Å². The normalized spacial score (nSPS) is 15.3. The van der Waals surface area contributed by atoms with Gasteiger partial charge in [0.15, 0.2) is 0 Å².